The Bertz CT molecular complexity index is 1060. The van der Waals surface area contributed by atoms with Gasteiger partial charge < -0.3 is 24.0 Å². The topological polar surface area (TPSA) is 120 Å². The fourth-order valence-electron chi connectivity index (χ4n) is 5.58. The molecule has 8 nitrogen and oxygen atoms in total. The van der Waals surface area contributed by atoms with Crippen molar-refractivity contribution in [3.8, 4) is 0 Å². The van der Waals surface area contributed by atoms with Crippen LogP contribution in [-0.2, 0) is 16.4 Å². The van der Waals surface area contributed by atoms with Gasteiger partial charge in [-0.3, -0.25) is 0 Å². The number of phosphoric acid groups is 1. The molecule has 2 saturated heterocycles. The lowest BCUT2D eigenvalue weighted by molar-refractivity contribution is 0.0445. The fraction of sp³-hybridized carbons (Fsp3) is 0.462. The quantitative estimate of drug-likeness (QED) is 0.412. The Hall–Kier alpha value is -2.35. The van der Waals surface area contributed by atoms with Gasteiger partial charge in [-0.25, -0.2) is 4.57 Å². The first-order chi connectivity index (χ1) is 16.8. The third kappa shape index (κ3) is 6.26. The molecule has 2 aliphatic heterocycles. The average Bonchev–Trinajstić information content (AvgIpc) is 3.35. The number of hydrogen-bond acceptors (Lipinski definition) is 5. The first-order valence-electron chi connectivity index (χ1n) is 12.3. The van der Waals surface area contributed by atoms with E-state index in [2.05, 4.69) is 82.7 Å². The third-order valence-corrected chi connectivity index (χ3v) is 7.27. The summed E-state index contributed by atoms with van der Waals surface area (Å²) in [6, 6.07) is 22.2. The van der Waals surface area contributed by atoms with Crippen molar-refractivity contribution in [2.75, 3.05) is 13.1 Å². The Kier molecular flexibility index (Phi) is 8.19. The highest BCUT2D eigenvalue weighted by Crippen LogP contribution is 2.43. The van der Waals surface area contributed by atoms with E-state index in [1.807, 2.05) is 0 Å². The molecule has 3 aromatic rings. The molecule has 0 atom stereocenters. The Balaban J connectivity index is 0.000000527. The molecule has 3 aliphatic rings. The lowest BCUT2D eigenvalue weighted by atomic mass is 9.71. The second kappa shape index (κ2) is 11.1. The lowest BCUT2D eigenvalue weighted by Crippen LogP contribution is -2.49. The summed E-state index contributed by atoms with van der Waals surface area (Å²) in [4.78, 5) is 24.3. The van der Waals surface area contributed by atoms with Crippen molar-refractivity contribution < 1.29 is 23.7 Å². The number of aromatic nitrogens is 2. The summed E-state index contributed by atoms with van der Waals surface area (Å²) in [7, 11) is -4.64. The molecular formula is C26H34N3O5P. The minimum absolute atomic E-state index is 0.431. The van der Waals surface area contributed by atoms with Crippen molar-refractivity contribution in [2.24, 2.45) is 5.92 Å². The van der Waals surface area contributed by atoms with Crippen LogP contribution in [-0.4, -0.2) is 48.9 Å². The monoisotopic (exact) mass is 499 g/mol. The second-order valence-corrected chi connectivity index (χ2v) is 10.5. The molecule has 35 heavy (non-hydrogen) atoms. The van der Waals surface area contributed by atoms with E-state index < -0.39 is 13.2 Å². The van der Waals surface area contributed by atoms with Gasteiger partial charge in [-0.2, -0.15) is 0 Å². The molecule has 0 radical (unpaired) electrons. The standard InChI is InChI=1S/C26H31N3O.H3O4P/c1-2-24-27-28-25(30-24)26(21-9-5-3-6-10-21,22-11-7-4-8-12-22)17-18-29-19-20-13-15-23(29)16-14-20;1-5(2,3)4/h3-12,20,23H,2,13-19H2,1H3;(H3,1,2,3,4). The highest BCUT2D eigenvalue weighted by atomic mass is 31.2. The molecule has 3 heterocycles. The third-order valence-electron chi connectivity index (χ3n) is 7.27. The molecule has 6 rings (SSSR count). The minimum atomic E-state index is -4.64. The van der Waals surface area contributed by atoms with Gasteiger partial charge in [0.25, 0.3) is 0 Å². The summed E-state index contributed by atoms with van der Waals surface area (Å²) in [6.45, 7) is 4.36. The summed E-state index contributed by atoms with van der Waals surface area (Å²) in [5, 5.41) is 8.94. The molecule has 2 bridgehead atoms. The van der Waals surface area contributed by atoms with Crippen molar-refractivity contribution in [3.63, 3.8) is 0 Å². The SMILES string of the molecule is CCc1nnc(C(CCN2CC3CCC2CC3)(c2ccccc2)c2ccccc2)o1.O=P(O)(O)O. The van der Waals surface area contributed by atoms with Crippen LogP contribution in [0.2, 0.25) is 0 Å². The van der Waals surface area contributed by atoms with Crippen LogP contribution in [0, 0.1) is 5.92 Å². The van der Waals surface area contributed by atoms with Crippen molar-refractivity contribution in [1.29, 1.82) is 0 Å². The predicted octanol–water partition coefficient (Wildman–Crippen LogP) is 4.30. The molecule has 3 fully saturated rings. The van der Waals surface area contributed by atoms with Crippen LogP contribution in [0.5, 0.6) is 0 Å². The number of aryl methyl sites for hydroxylation is 1. The fourth-order valence-corrected chi connectivity index (χ4v) is 5.58. The largest absolute Gasteiger partial charge is 0.466 e. The van der Waals surface area contributed by atoms with Crippen LogP contribution in [0.1, 0.15) is 61.9 Å². The molecule has 1 aromatic heterocycles. The van der Waals surface area contributed by atoms with Crippen LogP contribution in [0.4, 0.5) is 0 Å². The van der Waals surface area contributed by atoms with Crippen molar-refractivity contribution in [3.05, 3.63) is 83.6 Å². The highest BCUT2D eigenvalue weighted by molar-refractivity contribution is 7.45. The van der Waals surface area contributed by atoms with Crippen LogP contribution in [0.3, 0.4) is 0 Å². The number of nitrogens with zero attached hydrogens (tertiary/aromatic N) is 3. The number of benzene rings is 2. The Morgan fingerprint density at radius 1 is 0.943 bits per heavy atom. The zero-order valence-corrected chi connectivity index (χ0v) is 20.9. The van der Waals surface area contributed by atoms with Crippen molar-refractivity contribution in [1.82, 2.24) is 15.1 Å². The van der Waals surface area contributed by atoms with E-state index in [4.69, 9.17) is 23.7 Å². The molecule has 1 saturated carbocycles. The van der Waals surface area contributed by atoms with Crippen molar-refractivity contribution >= 4 is 7.82 Å². The molecule has 188 valence electrons. The van der Waals surface area contributed by atoms with E-state index in [-0.39, 0.29) is 0 Å². The lowest BCUT2D eigenvalue weighted by Gasteiger charge is -2.46. The predicted molar refractivity (Wildman–Crippen MR) is 133 cm³/mol. The van der Waals surface area contributed by atoms with Gasteiger partial charge in [0.1, 0.15) is 0 Å². The summed E-state index contributed by atoms with van der Waals surface area (Å²) >= 11 is 0. The van der Waals surface area contributed by atoms with E-state index in [1.165, 1.54) is 43.4 Å². The normalized spacial score (nSPS) is 20.3. The average molecular weight is 500 g/mol. The number of hydrogen-bond donors (Lipinski definition) is 3. The maximum absolute atomic E-state index is 8.88. The van der Waals surface area contributed by atoms with E-state index >= 15 is 0 Å². The maximum Gasteiger partial charge on any atom is 0.466 e. The van der Waals surface area contributed by atoms with Crippen LogP contribution in [0.15, 0.2) is 65.1 Å². The van der Waals surface area contributed by atoms with Crippen LogP contribution in [0.25, 0.3) is 0 Å². The van der Waals surface area contributed by atoms with E-state index in [0.717, 1.165) is 37.2 Å². The first-order valence-corrected chi connectivity index (χ1v) is 13.8. The molecule has 0 spiro atoms. The minimum Gasteiger partial charge on any atom is -0.424 e. The molecule has 0 unspecified atom stereocenters. The van der Waals surface area contributed by atoms with Crippen LogP contribution >= 0.6 is 7.82 Å². The molecule has 9 heteroatoms. The highest BCUT2D eigenvalue weighted by Gasteiger charge is 2.43. The van der Waals surface area contributed by atoms with E-state index in [0.29, 0.717) is 5.89 Å². The first kappa shape index (κ1) is 25.7. The molecule has 2 aromatic carbocycles. The summed E-state index contributed by atoms with van der Waals surface area (Å²) < 4.78 is 15.2. The Morgan fingerprint density at radius 2 is 1.49 bits per heavy atom. The van der Waals surface area contributed by atoms with E-state index in [9.17, 15) is 0 Å². The number of fused-ring (bicyclic) bond motifs is 3. The van der Waals surface area contributed by atoms with E-state index in [1.54, 1.807) is 0 Å². The van der Waals surface area contributed by atoms with Gasteiger partial charge in [-0.1, -0.05) is 67.6 Å². The maximum atomic E-state index is 8.88. The summed E-state index contributed by atoms with van der Waals surface area (Å²) in [6.07, 6.45) is 7.22. The second-order valence-electron chi connectivity index (χ2n) is 9.42. The summed E-state index contributed by atoms with van der Waals surface area (Å²) in [5.41, 5.74) is 2.02. The zero-order chi connectivity index (χ0) is 24.9. The molecule has 0 amide bonds. The van der Waals surface area contributed by atoms with Crippen LogP contribution < -0.4 is 0 Å². The number of rotatable bonds is 7. The molecule has 1 aliphatic carbocycles. The molecule has 3 N–H and O–H groups in total. The van der Waals surface area contributed by atoms with Gasteiger partial charge in [0, 0.05) is 25.6 Å². The van der Waals surface area contributed by atoms with Crippen molar-refractivity contribution in [2.45, 2.75) is 56.9 Å². The summed E-state index contributed by atoms with van der Waals surface area (Å²) in [5.74, 6) is 2.31. The van der Waals surface area contributed by atoms with Gasteiger partial charge in [-0.15, -0.1) is 10.2 Å². The van der Waals surface area contributed by atoms with Gasteiger partial charge in [0.05, 0.1) is 5.41 Å². The van der Waals surface area contributed by atoms with Gasteiger partial charge >= 0.3 is 7.82 Å². The Labute approximate surface area is 206 Å². The zero-order valence-electron chi connectivity index (χ0n) is 20.0. The Morgan fingerprint density at radius 3 is 1.91 bits per heavy atom. The number of piperidine rings is 2. The van der Waals surface area contributed by atoms with Gasteiger partial charge in [0.2, 0.25) is 11.8 Å². The van der Waals surface area contributed by atoms with Gasteiger partial charge in [-0.05, 0) is 49.1 Å². The smallest absolute Gasteiger partial charge is 0.424 e. The molecular weight excluding hydrogens is 465 g/mol. The van der Waals surface area contributed by atoms with Gasteiger partial charge in [0.15, 0.2) is 0 Å².